The number of carboxylic acids is 2. The maximum absolute atomic E-state index is 11.8. The molecule has 0 spiro atoms. The van der Waals surface area contributed by atoms with Crippen molar-refractivity contribution in [3.8, 4) is 11.1 Å². The summed E-state index contributed by atoms with van der Waals surface area (Å²) >= 11 is 0. The van der Waals surface area contributed by atoms with E-state index >= 15 is 0 Å². The number of carbonyl (C=O) groups is 2. The van der Waals surface area contributed by atoms with Crippen LogP contribution in [0, 0.1) is 6.07 Å². The van der Waals surface area contributed by atoms with Gasteiger partial charge in [-0.1, -0.05) is 41.5 Å². The third kappa shape index (κ3) is 4.56. The van der Waals surface area contributed by atoms with E-state index in [-0.39, 0.29) is 24.4 Å². The Bertz CT molecular complexity index is 1120. The number of aromatic carboxylic acids is 2. The Kier molecular flexibility index (Phi) is 6.61. The van der Waals surface area contributed by atoms with Crippen molar-refractivity contribution in [2.45, 2.75) is 9.79 Å². The molecule has 0 aliphatic heterocycles. The van der Waals surface area contributed by atoms with Crippen LogP contribution in [0.15, 0.2) is 40.1 Å². The van der Waals surface area contributed by atoms with Gasteiger partial charge in [0, 0.05) is 0 Å². The maximum atomic E-state index is 11.8. The first kappa shape index (κ1) is 22.8. The Morgan fingerprint density at radius 2 is 1.22 bits per heavy atom. The van der Waals surface area contributed by atoms with Gasteiger partial charge in [0.05, 0.1) is 9.79 Å². The topological polar surface area (TPSA) is 183 Å². The van der Waals surface area contributed by atoms with Gasteiger partial charge in [0.25, 0.3) is 32.2 Å². The molecule has 0 unspecified atom stereocenters. The molecule has 0 amide bonds. The summed E-state index contributed by atoms with van der Waals surface area (Å²) in [7, 11) is -11.0. The van der Waals surface area contributed by atoms with Crippen LogP contribution < -0.4 is 18.9 Å². The summed E-state index contributed by atoms with van der Waals surface area (Å²) < 4.78 is 65.7. The summed E-state index contributed by atoms with van der Waals surface area (Å²) in [5.74, 6) is -3.91. The number of hydrogen-bond donors (Lipinski definition) is 4. The van der Waals surface area contributed by atoms with E-state index in [9.17, 15) is 40.6 Å². The summed E-state index contributed by atoms with van der Waals surface area (Å²) in [5, 5.41) is 18.4. The van der Waals surface area contributed by atoms with Gasteiger partial charge in [-0.3, -0.25) is 18.7 Å². The van der Waals surface area contributed by atoms with Crippen LogP contribution in [0.5, 0.6) is 0 Å². The van der Waals surface area contributed by atoms with Crippen LogP contribution in [0.4, 0.5) is 0 Å². The summed E-state index contributed by atoms with van der Waals surface area (Å²) in [5.41, 5.74) is -3.47. The largest absolute Gasteiger partial charge is 1.00 e. The molecule has 138 valence electrons. The molecule has 0 aromatic heterocycles. The quantitative estimate of drug-likeness (QED) is 0.246. The second-order valence-electron chi connectivity index (χ2n) is 4.83. The average Bonchev–Trinajstić information content (AvgIpc) is 2.51. The molecule has 0 saturated heterocycles. The zero-order chi connectivity index (χ0) is 19.9. The summed E-state index contributed by atoms with van der Waals surface area (Å²) in [4.78, 5) is 19.5. The monoisotopic (exact) mass is 408 g/mol. The van der Waals surface area contributed by atoms with Crippen LogP contribution >= 0.6 is 0 Å². The molecule has 0 saturated carbocycles. The van der Waals surface area contributed by atoms with Crippen LogP contribution in [0.2, 0.25) is 0 Å². The van der Waals surface area contributed by atoms with Crippen molar-refractivity contribution in [2.24, 2.45) is 0 Å². The Morgan fingerprint density at radius 3 is 1.59 bits per heavy atom. The van der Waals surface area contributed by atoms with E-state index in [4.69, 9.17) is 5.11 Å². The molecule has 4 N–H and O–H groups in total. The number of carboxylic acid groups (broad SMARTS) is 2. The molecule has 2 aromatic carbocycles. The van der Waals surface area contributed by atoms with Gasteiger partial charge in [0.15, 0.2) is 0 Å². The zero-order valence-corrected chi connectivity index (χ0v) is 15.1. The SMILES string of the molecule is O=C(O)c1[c-]c(C(=O)O)c(S(=O)(=O)O)c(S(=O)(=O)O)c1-c1ccccc1.[Li+]. The number of hydrogen-bond acceptors (Lipinski definition) is 6. The predicted molar refractivity (Wildman–Crippen MR) is 84.3 cm³/mol. The van der Waals surface area contributed by atoms with E-state index in [2.05, 4.69) is 0 Å². The fourth-order valence-electron chi connectivity index (χ4n) is 2.27. The second kappa shape index (κ2) is 7.81. The number of benzene rings is 2. The van der Waals surface area contributed by atoms with Crippen molar-refractivity contribution in [1.29, 1.82) is 0 Å². The third-order valence-corrected chi connectivity index (χ3v) is 5.14. The minimum Gasteiger partial charge on any atom is -0.512 e. The summed E-state index contributed by atoms with van der Waals surface area (Å²) in [6, 6.07) is 8.36. The zero-order valence-electron chi connectivity index (χ0n) is 13.4. The average molecular weight is 408 g/mol. The van der Waals surface area contributed by atoms with Crippen molar-refractivity contribution >= 4 is 32.2 Å². The second-order valence-corrected chi connectivity index (χ2v) is 7.55. The van der Waals surface area contributed by atoms with Crippen molar-refractivity contribution in [2.75, 3.05) is 0 Å². The molecule has 0 fully saturated rings. The molecule has 27 heavy (non-hydrogen) atoms. The molecule has 0 aliphatic carbocycles. The van der Waals surface area contributed by atoms with E-state index in [1.54, 1.807) is 6.07 Å². The fraction of sp³-hybridized carbons (Fsp3) is 0. The predicted octanol–water partition coefficient (Wildman–Crippen LogP) is -1.95. The normalized spacial score (nSPS) is 11.5. The fourth-order valence-corrected chi connectivity index (χ4v) is 4.45. The first-order valence-electron chi connectivity index (χ1n) is 6.46. The molecule has 2 aromatic rings. The molecule has 0 atom stereocenters. The standard InChI is InChI=1S/C14H9O10S2.Li/c15-13(16)8-6-9(14(17)18)11(25(19,20)21)12(26(22,23)24)10(8)7-4-2-1-3-5-7;/h1-5H,(H,15,16)(H,17,18)(H,19,20,21)(H,22,23,24);/q-1;+1. The smallest absolute Gasteiger partial charge is 0.512 e. The summed E-state index contributed by atoms with van der Waals surface area (Å²) in [6.07, 6.45) is 0. The van der Waals surface area contributed by atoms with Crippen LogP contribution in [0.1, 0.15) is 20.7 Å². The molecule has 0 aliphatic rings. The van der Waals surface area contributed by atoms with Gasteiger partial charge >= 0.3 is 18.9 Å². The van der Waals surface area contributed by atoms with E-state index in [0.29, 0.717) is 0 Å². The van der Waals surface area contributed by atoms with Gasteiger partial charge in [-0.25, -0.2) is 8.42 Å². The summed E-state index contributed by atoms with van der Waals surface area (Å²) in [6.45, 7) is 0. The van der Waals surface area contributed by atoms with Gasteiger partial charge in [-0.05, 0) is 11.1 Å². The van der Waals surface area contributed by atoms with Crippen LogP contribution in [0.25, 0.3) is 11.1 Å². The molecule has 0 heterocycles. The van der Waals surface area contributed by atoms with Crippen LogP contribution in [-0.2, 0) is 20.2 Å². The van der Waals surface area contributed by atoms with Crippen molar-refractivity contribution in [1.82, 2.24) is 0 Å². The molecule has 0 radical (unpaired) electrons. The third-order valence-electron chi connectivity index (χ3n) is 3.17. The van der Waals surface area contributed by atoms with E-state index in [1.165, 1.54) is 30.3 Å². The van der Waals surface area contributed by atoms with Gasteiger partial charge in [0.1, 0.15) is 0 Å². The van der Waals surface area contributed by atoms with E-state index in [1.807, 2.05) is 0 Å². The van der Waals surface area contributed by atoms with Crippen molar-refractivity contribution in [3.05, 3.63) is 47.5 Å². The molecule has 13 heteroatoms. The minimum absolute atomic E-state index is 0. The molecular weight excluding hydrogens is 399 g/mol. The molecular formula is C14H9LiO10S2. The van der Waals surface area contributed by atoms with Crippen LogP contribution in [0.3, 0.4) is 0 Å². The van der Waals surface area contributed by atoms with Gasteiger partial charge < -0.3 is 10.2 Å². The Hall–Kier alpha value is -2.20. The first-order chi connectivity index (χ1) is 11.9. The van der Waals surface area contributed by atoms with Crippen molar-refractivity contribution < 1.29 is 64.6 Å². The minimum atomic E-state index is -5.51. The van der Waals surface area contributed by atoms with Crippen molar-refractivity contribution in [3.63, 3.8) is 0 Å². The van der Waals surface area contributed by atoms with E-state index < -0.39 is 58.7 Å². The molecule has 0 bridgehead atoms. The Morgan fingerprint density at radius 1 is 0.778 bits per heavy atom. The first-order valence-corrected chi connectivity index (χ1v) is 9.34. The van der Waals surface area contributed by atoms with Gasteiger partial charge in [0.2, 0.25) is 0 Å². The van der Waals surface area contributed by atoms with E-state index in [0.717, 1.165) is 0 Å². The molecule has 2 rings (SSSR count). The maximum Gasteiger partial charge on any atom is 1.00 e. The number of rotatable bonds is 5. The van der Waals surface area contributed by atoms with Gasteiger partial charge in [-0.2, -0.15) is 8.42 Å². The Balaban J connectivity index is 0.00000364. The van der Waals surface area contributed by atoms with Crippen LogP contribution in [-0.4, -0.2) is 48.1 Å². The Labute approximate surface area is 165 Å². The molecule has 10 nitrogen and oxygen atoms in total. The van der Waals surface area contributed by atoms with Gasteiger partial charge in [-0.15, -0.1) is 6.07 Å².